The van der Waals surface area contributed by atoms with Gasteiger partial charge in [-0.1, -0.05) is 13.0 Å². The Hall–Kier alpha value is -3.91. The molecule has 1 N–H and O–H groups in total. The Morgan fingerprint density at radius 3 is 2.46 bits per heavy atom. The molecule has 3 heterocycles. The Labute approximate surface area is 233 Å². The van der Waals surface area contributed by atoms with Gasteiger partial charge < -0.3 is 19.9 Å². The lowest BCUT2D eigenvalue weighted by Gasteiger charge is -2.33. The minimum Gasteiger partial charge on any atom is -0.454 e. The zero-order valence-corrected chi connectivity index (χ0v) is 22.5. The smallest absolute Gasteiger partial charge is 0.422 e. The fraction of sp³-hybridized carbons (Fsp3) is 0.500. The summed E-state index contributed by atoms with van der Waals surface area (Å²) in [5.41, 5.74) is -0.884. The van der Waals surface area contributed by atoms with Crippen LogP contribution in [0.3, 0.4) is 0 Å². The molecule has 0 aliphatic carbocycles. The molecule has 0 amide bonds. The summed E-state index contributed by atoms with van der Waals surface area (Å²) in [7, 11) is 1.94. The summed E-state index contributed by atoms with van der Waals surface area (Å²) in [4.78, 5) is 25.3. The van der Waals surface area contributed by atoms with Crippen molar-refractivity contribution in [2.45, 2.75) is 45.0 Å². The molecule has 1 aromatic carbocycles. The van der Waals surface area contributed by atoms with E-state index in [1.165, 1.54) is 12.1 Å². The highest BCUT2D eigenvalue weighted by Gasteiger charge is 2.31. The molecular weight excluding hydrogens is 554 g/mol. The molecule has 2 aromatic heterocycles. The van der Waals surface area contributed by atoms with E-state index >= 15 is 0 Å². The van der Waals surface area contributed by atoms with Crippen molar-refractivity contribution in [2.75, 3.05) is 48.4 Å². The summed E-state index contributed by atoms with van der Waals surface area (Å²) in [5.74, 6) is 1.52. The first kappa shape index (κ1) is 30.1. The molecule has 3 aromatic rings. The number of rotatable bonds is 10. The van der Waals surface area contributed by atoms with Gasteiger partial charge >= 0.3 is 18.4 Å². The first-order valence-corrected chi connectivity index (χ1v) is 13.1. The molecule has 0 spiro atoms. The van der Waals surface area contributed by atoms with Crippen molar-refractivity contribution in [3.05, 3.63) is 47.9 Å². The van der Waals surface area contributed by atoms with Crippen LogP contribution in [0.15, 0.2) is 36.5 Å². The predicted octanol–water partition coefficient (Wildman–Crippen LogP) is 5.67. The average Bonchev–Trinajstić information content (AvgIpc) is 2.92. The topological polar surface area (TPSA) is 92.2 Å². The van der Waals surface area contributed by atoms with Gasteiger partial charge in [0.15, 0.2) is 6.61 Å². The lowest BCUT2D eigenvalue weighted by atomic mass is 9.93. The van der Waals surface area contributed by atoms with Crippen LogP contribution in [0.1, 0.15) is 37.6 Å². The largest absolute Gasteiger partial charge is 0.454 e. The lowest BCUT2D eigenvalue weighted by molar-refractivity contribution is -0.154. The number of benzene rings is 1. The maximum Gasteiger partial charge on any atom is 0.422 e. The van der Waals surface area contributed by atoms with Crippen molar-refractivity contribution in [2.24, 2.45) is 5.92 Å². The number of piperidine rings is 1. The van der Waals surface area contributed by atoms with Gasteiger partial charge in [0, 0.05) is 45.0 Å². The Balaban J connectivity index is 1.46. The molecule has 1 fully saturated rings. The molecule has 1 aliphatic heterocycles. The maximum atomic E-state index is 13.1. The molecule has 41 heavy (non-hydrogen) atoms. The Bertz CT molecular complexity index is 1300. The van der Waals surface area contributed by atoms with E-state index in [0.717, 1.165) is 43.8 Å². The number of hydrogen-bond acceptors (Lipinski definition) is 9. The molecule has 1 aliphatic rings. The van der Waals surface area contributed by atoms with E-state index < -0.39 is 30.5 Å². The zero-order valence-electron chi connectivity index (χ0n) is 22.5. The number of aromatic nitrogens is 5. The van der Waals surface area contributed by atoms with Crippen molar-refractivity contribution in [3.8, 4) is 6.01 Å². The summed E-state index contributed by atoms with van der Waals surface area (Å²) < 4.78 is 82.4. The second-order valence-corrected chi connectivity index (χ2v) is 9.74. The minimum atomic E-state index is -4.62. The number of alkyl halides is 6. The van der Waals surface area contributed by atoms with Crippen molar-refractivity contribution >= 4 is 23.4 Å². The van der Waals surface area contributed by atoms with E-state index in [9.17, 15) is 26.3 Å². The van der Waals surface area contributed by atoms with Gasteiger partial charge in [-0.15, -0.1) is 0 Å². The summed E-state index contributed by atoms with van der Waals surface area (Å²) in [6.45, 7) is 2.67. The van der Waals surface area contributed by atoms with E-state index in [-0.39, 0.29) is 23.4 Å². The Morgan fingerprint density at radius 1 is 1.02 bits per heavy atom. The quantitative estimate of drug-likeness (QED) is 0.303. The normalized spacial score (nSPS) is 14.7. The zero-order chi connectivity index (χ0) is 29.6. The Kier molecular flexibility index (Phi) is 9.33. The van der Waals surface area contributed by atoms with Crippen LogP contribution in [-0.4, -0.2) is 64.4 Å². The summed E-state index contributed by atoms with van der Waals surface area (Å²) in [6, 6.07) is 5.61. The second kappa shape index (κ2) is 12.7. The summed E-state index contributed by atoms with van der Waals surface area (Å²) in [6.07, 6.45) is -4.70. The molecule has 4 rings (SSSR count). The van der Waals surface area contributed by atoms with E-state index in [1.54, 1.807) is 6.20 Å². The van der Waals surface area contributed by atoms with E-state index in [4.69, 9.17) is 4.74 Å². The van der Waals surface area contributed by atoms with Gasteiger partial charge in [0.25, 0.3) is 0 Å². The highest BCUT2D eigenvalue weighted by Crippen LogP contribution is 2.31. The minimum absolute atomic E-state index is 0.0147. The van der Waals surface area contributed by atoms with Crippen LogP contribution in [0, 0.1) is 5.92 Å². The van der Waals surface area contributed by atoms with Crippen LogP contribution in [0.5, 0.6) is 6.01 Å². The number of hydrogen-bond donors (Lipinski definition) is 1. The first-order chi connectivity index (χ1) is 19.4. The van der Waals surface area contributed by atoms with Gasteiger partial charge in [-0.25, -0.2) is 4.98 Å². The monoisotopic (exact) mass is 584 g/mol. The highest BCUT2D eigenvalue weighted by molar-refractivity contribution is 5.55. The molecule has 0 saturated carbocycles. The SMILES string of the molecule is CCCN(C)c1nccc(N2CCC(Cc3nc(Nc4cccc(C(F)(F)F)c4)nc(OCC(F)(F)F)n3)CC2)n1. The average molecular weight is 585 g/mol. The molecular formula is C26H30F6N8O. The third kappa shape index (κ3) is 8.79. The first-order valence-electron chi connectivity index (χ1n) is 13.1. The Morgan fingerprint density at radius 2 is 1.78 bits per heavy atom. The van der Waals surface area contributed by atoms with Gasteiger partial charge in [0.1, 0.15) is 11.6 Å². The molecule has 15 heteroatoms. The van der Waals surface area contributed by atoms with E-state index in [1.807, 2.05) is 18.0 Å². The summed E-state index contributed by atoms with van der Waals surface area (Å²) >= 11 is 0. The van der Waals surface area contributed by atoms with Gasteiger partial charge in [-0.05, 0) is 49.4 Å². The van der Waals surface area contributed by atoms with Gasteiger partial charge in [-0.3, -0.25) is 0 Å². The lowest BCUT2D eigenvalue weighted by Crippen LogP contribution is -2.35. The molecule has 0 unspecified atom stereocenters. The van der Waals surface area contributed by atoms with Crippen LogP contribution >= 0.6 is 0 Å². The number of anilines is 4. The second-order valence-electron chi connectivity index (χ2n) is 9.74. The number of nitrogens with zero attached hydrogens (tertiary/aromatic N) is 7. The maximum absolute atomic E-state index is 13.1. The molecule has 1 saturated heterocycles. The van der Waals surface area contributed by atoms with Crippen LogP contribution in [0.25, 0.3) is 0 Å². The molecule has 222 valence electrons. The molecule has 0 atom stereocenters. The molecule has 0 radical (unpaired) electrons. The summed E-state index contributed by atoms with van der Waals surface area (Å²) in [5, 5.41) is 2.63. The molecule has 9 nitrogen and oxygen atoms in total. The van der Waals surface area contributed by atoms with Crippen LogP contribution in [-0.2, 0) is 12.6 Å². The standard InChI is InChI=1S/C26H30F6N8O/c1-3-11-39(2)23-33-10-7-21(37-23)40-12-8-17(9-13-40)14-20-35-22(38-24(36-20)41-16-25(27,28)29)34-19-6-4-5-18(15-19)26(30,31)32/h4-7,10,15,17H,3,8-9,11-14,16H2,1-2H3,(H,34,35,36,38). The third-order valence-corrected chi connectivity index (χ3v) is 6.41. The fourth-order valence-corrected chi connectivity index (χ4v) is 4.42. The van der Waals surface area contributed by atoms with Crippen molar-refractivity contribution in [3.63, 3.8) is 0 Å². The van der Waals surface area contributed by atoms with Crippen molar-refractivity contribution in [1.82, 2.24) is 24.9 Å². The third-order valence-electron chi connectivity index (χ3n) is 6.41. The van der Waals surface area contributed by atoms with Crippen molar-refractivity contribution in [1.29, 1.82) is 0 Å². The van der Waals surface area contributed by atoms with E-state index in [0.29, 0.717) is 25.5 Å². The highest BCUT2D eigenvalue weighted by atomic mass is 19.4. The van der Waals surface area contributed by atoms with E-state index in [2.05, 4.69) is 42.1 Å². The molecule has 0 bridgehead atoms. The number of nitrogens with one attached hydrogen (secondary N) is 1. The van der Waals surface area contributed by atoms with Crippen LogP contribution in [0.4, 0.5) is 49.7 Å². The van der Waals surface area contributed by atoms with Gasteiger partial charge in [0.05, 0.1) is 5.56 Å². The fourth-order valence-electron chi connectivity index (χ4n) is 4.42. The van der Waals surface area contributed by atoms with Gasteiger partial charge in [-0.2, -0.15) is 46.3 Å². The number of ether oxygens (including phenoxy) is 1. The van der Waals surface area contributed by atoms with Crippen molar-refractivity contribution < 1.29 is 31.1 Å². The number of halogens is 6. The van der Waals surface area contributed by atoms with Gasteiger partial charge in [0.2, 0.25) is 11.9 Å². The predicted molar refractivity (Wildman–Crippen MR) is 140 cm³/mol. The van der Waals surface area contributed by atoms with Crippen LogP contribution < -0.4 is 19.9 Å². The van der Waals surface area contributed by atoms with Crippen LogP contribution in [0.2, 0.25) is 0 Å².